The molecule has 7 aliphatic heterocycles. The molecule has 2 aromatic rings. The Hall–Kier alpha value is -3.20. The van der Waals surface area contributed by atoms with Gasteiger partial charge in [-0.2, -0.15) is 0 Å². The van der Waals surface area contributed by atoms with E-state index in [-0.39, 0.29) is 13.2 Å². The Morgan fingerprint density at radius 2 is 0.585 bits per heavy atom. The normalized spacial score (nSPS) is 46.3. The summed E-state index contributed by atoms with van der Waals surface area (Å²) in [7, 11) is 1.46. The Labute approximate surface area is 534 Å². The van der Waals surface area contributed by atoms with Crippen LogP contribution < -0.4 is 4.74 Å². The zero-order valence-electron chi connectivity index (χ0n) is 50.2. The van der Waals surface area contributed by atoms with Crippen LogP contribution in [-0.2, 0) is 84.3 Å². The van der Waals surface area contributed by atoms with Gasteiger partial charge in [-0.25, -0.2) is 0 Å². The molecule has 0 unspecified atom stereocenters. The Morgan fingerprint density at radius 1 is 0.277 bits per heavy atom. The maximum atomic E-state index is 12.2. The van der Waals surface area contributed by atoms with Gasteiger partial charge in [-0.3, -0.25) is 0 Å². The van der Waals surface area contributed by atoms with E-state index in [4.69, 9.17) is 75.8 Å². The summed E-state index contributed by atoms with van der Waals surface area (Å²) in [6.07, 6.45) is -68.7. The first kappa shape index (κ1) is 75.0. The first-order chi connectivity index (χ1) is 45.0. The van der Waals surface area contributed by atoms with Crippen molar-refractivity contribution in [1.29, 1.82) is 0 Å². The van der Waals surface area contributed by atoms with Crippen molar-refractivity contribution < 1.29 is 183 Å². The number of benzene rings is 2. The van der Waals surface area contributed by atoms with Crippen LogP contribution in [0.15, 0.2) is 54.6 Å². The van der Waals surface area contributed by atoms with Crippen molar-refractivity contribution >= 4 is 0 Å². The molecule has 7 saturated heterocycles. The van der Waals surface area contributed by atoms with Crippen LogP contribution in [0.1, 0.15) is 11.1 Å². The van der Waals surface area contributed by atoms with Crippen molar-refractivity contribution in [1.82, 2.24) is 0 Å². The van der Waals surface area contributed by atoms with Crippen LogP contribution in [0.5, 0.6) is 5.75 Å². The van der Waals surface area contributed by atoms with Gasteiger partial charge in [0.15, 0.2) is 44.0 Å². The molecule has 7 aliphatic rings. The zero-order chi connectivity index (χ0) is 68.0. The predicted octanol–water partition coefficient (Wildman–Crippen LogP) is -11.8. The Morgan fingerprint density at radius 3 is 1.01 bits per heavy atom. The van der Waals surface area contributed by atoms with E-state index in [2.05, 4.69) is 0 Å². The Kier molecular flexibility index (Phi) is 27.0. The van der Waals surface area contributed by atoms with Gasteiger partial charge in [-0.1, -0.05) is 42.5 Å². The summed E-state index contributed by atoms with van der Waals surface area (Å²) < 4.78 is 92.9. The minimum atomic E-state index is -2.40. The van der Waals surface area contributed by atoms with E-state index in [1.54, 1.807) is 54.6 Å². The third kappa shape index (κ3) is 16.6. The first-order valence-corrected chi connectivity index (χ1v) is 30.2. The number of aliphatic hydroxyl groups is 21. The van der Waals surface area contributed by atoms with Crippen LogP contribution in [0.3, 0.4) is 0 Å². The van der Waals surface area contributed by atoms with Crippen LogP contribution >= 0.6 is 0 Å². The third-order valence-corrected chi connectivity index (χ3v) is 17.3. The third-order valence-electron chi connectivity index (χ3n) is 17.3. The Bertz CT molecular complexity index is 2550. The number of methoxy groups -OCH3 is 1. The molecule has 536 valence electrons. The zero-order valence-corrected chi connectivity index (χ0v) is 50.2. The fraction of sp³-hybridized carbons (Fsp3) is 0.789. The minimum absolute atomic E-state index is 0.180. The molecule has 0 saturated carbocycles. The van der Waals surface area contributed by atoms with Gasteiger partial charge in [0.2, 0.25) is 0 Å². The van der Waals surface area contributed by atoms with Crippen molar-refractivity contribution in [3.63, 3.8) is 0 Å². The van der Waals surface area contributed by atoms with Crippen LogP contribution in [0.2, 0.25) is 0 Å². The van der Waals surface area contributed by atoms with E-state index in [1.165, 1.54) is 7.11 Å². The van der Waals surface area contributed by atoms with Gasteiger partial charge in [0.05, 0.1) is 66.6 Å². The van der Waals surface area contributed by atoms with Gasteiger partial charge in [0.1, 0.15) is 177 Å². The molecule has 0 radical (unpaired) electrons. The average Bonchev–Trinajstić information content (AvgIpc) is 0.779. The van der Waals surface area contributed by atoms with Gasteiger partial charge in [0, 0.05) is 0 Å². The second kappa shape index (κ2) is 33.8. The number of rotatable bonds is 26. The molecule has 21 N–H and O–H groups in total. The molecule has 0 aromatic heterocycles. The number of ether oxygens (including phenoxy) is 16. The monoisotopic (exact) mass is 1360 g/mol. The van der Waals surface area contributed by atoms with Crippen molar-refractivity contribution in [2.75, 3.05) is 53.4 Å². The second-order valence-electron chi connectivity index (χ2n) is 23.6. The Balaban J connectivity index is 0.989. The molecule has 0 amide bonds. The molecule has 2 aromatic carbocycles. The number of hydrogen-bond acceptors (Lipinski definition) is 37. The summed E-state index contributed by atoms with van der Waals surface area (Å²) in [5, 5.41) is 232. The fourth-order valence-electron chi connectivity index (χ4n) is 11.7. The highest BCUT2D eigenvalue weighted by atomic mass is 16.8. The lowest BCUT2D eigenvalue weighted by atomic mass is 9.95. The van der Waals surface area contributed by atoms with Gasteiger partial charge in [0.25, 0.3) is 0 Å². The van der Waals surface area contributed by atoms with Gasteiger partial charge in [-0.15, -0.1) is 0 Å². The van der Waals surface area contributed by atoms with Crippen LogP contribution in [0, 0.1) is 0 Å². The van der Waals surface area contributed by atoms with E-state index >= 15 is 0 Å². The van der Waals surface area contributed by atoms with E-state index in [9.17, 15) is 107 Å². The SMILES string of the molecule is COc1ccc(CO[C@@H]2O[C@H](CO)[C@@H](O)[C@H](O[C@@H]3O[C@H](CO[C@@H]4O[C@H](CO)[C@@H](O)[C@H](O)[C@H]4OCc4ccccc4)[C@@H](O)[C@H](O[C@@H]4O[C@H](CO)[C@@H](O)[C@H](O[C@@H]5O[C@H](CO[C@@H]6O[C@H](CO)[C@@H](O)[C@H](O)[C@H]6O)[C@@H](O)[C@H](O[C@@H]6O[C@H](CO)[C@@H](O)[C@H](O)[C@H]6O)[C@H]5O)[C@H]4O)[C@H]3O)[C@H]2O)cc1. The maximum absolute atomic E-state index is 12.2. The largest absolute Gasteiger partial charge is 0.497 e. The van der Waals surface area contributed by atoms with Crippen molar-refractivity contribution in [3.8, 4) is 5.75 Å². The summed E-state index contributed by atoms with van der Waals surface area (Å²) >= 11 is 0. The molecular formula is C57H86O37. The quantitative estimate of drug-likeness (QED) is 0.0416. The first-order valence-electron chi connectivity index (χ1n) is 30.2. The van der Waals surface area contributed by atoms with Crippen molar-refractivity contribution in [2.45, 2.75) is 228 Å². The predicted molar refractivity (Wildman–Crippen MR) is 296 cm³/mol. The van der Waals surface area contributed by atoms with Crippen molar-refractivity contribution in [2.24, 2.45) is 0 Å². The van der Waals surface area contributed by atoms with Gasteiger partial charge >= 0.3 is 0 Å². The molecule has 37 heteroatoms. The molecule has 37 nitrogen and oxygen atoms in total. The van der Waals surface area contributed by atoms with E-state index in [0.29, 0.717) is 16.9 Å². The molecule has 9 rings (SSSR count). The highest BCUT2D eigenvalue weighted by Crippen LogP contribution is 2.38. The molecular weight excluding hydrogens is 1280 g/mol. The topological polar surface area (TPSA) is 573 Å². The van der Waals surface area contributed by atoms with Crippen molar-refractivity contribution in [3.05, 3.63) is 65.7 Å². The molecule has 7 heterocycles. The lowest BCUT2D eigenvalue weighted by molar-refractivity contribution is -0.399. The fourth-order valence-corrected chi connectivity index (χ4v) is 11.7. The number of aliphatic hydroxyl groups excluding tert-OH is 21. The maximum Gasteiger partial charge on any atom is 0.187 e. The molecule has 94 heavy (non-hydrogen) atoms. The molecule has 0 aliphatic carbocycles. The van der Waals surface area contributed by atoms with Crippen LogP contribution in [0.4, 0.5) is 0 Å². The van der Waals surface area contributed by atoms with E-state index in [0.717, 1.165) is 0 Å². The van der Waals surface area contributed by atoms with E-state index in [1.807, 2.05) is 0 Å². The number of hydrogen-bond donors (Lipinski definition) is 21. The summed E-state index contributed by atoms with van der Waals surface area (Å²) in [6.45, 7) is -6.92. The summed E-state index contributed by atoms with van der Waals surface area (Å²) in [6, 6.07) is 15.1. The van der Waals surface area contributed by atoms with Gasteiger partial charge < -0.3 is 183 Å². The van der Waals surface area contributed by atoms with Gasteiger partial charge in [-0.05, 0) is 23.3 Å². The van der Waals surface area contributed by atoms with Crippen LogP contribution in [0.25, 0.3) is 0 Å². The lowest BCUT2D eigenvalue weighted by Crippen LogP contribution is -2.68. The average molecular weight is 1360 g/mol. The van der Waals surface area contributed by atoms with Crippen LogP contribution in [-0.4, -0.2) is 376 Å². The smallest absolute Gasteiger partial charge is 0.187 e. The standard InChI is InChI=1S/C57H86O37/c1-79-22-9-7-21(8-10-22)17-81-52-42(75)46(33(66)26(14-61)85-52)92-55-45(78)49(36(69)29(90-55)19-83-57-50(39(72)32(65)25(13-60)88-57)80-16-20-5-3-2-4-6-20)94-54-43(76)47(34(67)27(15-62)87-54)93-56-44(77)48(91-53-41(74)38(71)31(64)24(12-59)86-53)35(68)28(89-56)18-82-51-40(73)37(70)30(63)23(11-58)84-51/h2-10,23-78H,11-19H2,1H3/t23-,24-,25-,26-,27-,28-,29-,30-,31-,32-,33-,34-,35-,36-,37+,38+,39+,40-,41-,42-,43-,44-,45-,46+,47+,48+,49+,50-,51-,52-,53+,54+,55+,56+,57-/m1/s1. The highest BCUT2D eigenvalue weighted by molar-refractivity contribution is 5.26. The molecule has 0 bridgehead atoms. The summed E-state index contributed by atoms with van der Waals surface area (Å²) in [4.78, 5) is 0. The molecule has 0 spiro atoms. The second-order valence-corrected chi connectivity index (χ2v) is 23.6. The summed E-state index contributed by atoms with van der Waals surface area (Å²) in [5.74, 6) is 0.513. The minimum Gasteiger partial charge on any atom is -0.497 e. The molecule has 7 fully saturated rings. The van der Waals surface area contributed by atoms with E-state index < -0.39 is 261 Å². The molecule has 35 atom stereocenters. The lowest BCUT2D eigenvalue weighted by Gasteiger charge is -2.50. The summed E-state index contributed by atoms with van der Waals surface area (Å²) in [5.41, 5.74) is 1.16. The highest BCUT2D eigenvalue weighted by Gasteiger charge is 2.58.